The van der Waals surface area contributed by atoms with Crippen LogP contribution in [0, 0.1) is 11.3 Å². The molecule has 0 atom stereocenters. The number of alkyl halides is 3. The highest BCUT2D eigenvalue weighted by atomic mass is 35.5. The van der Waals surface area contributed by atoms with Gasteiger partial charge in [0.25, 0.3) is 0 Å². The summed E-state index contributed by atoms with van der Waals surface area (Å²) in [6, 6.07) is 8.82. The third kappa shape index (κ3) is 5.90. The van der Waals surface area contributed by atoms with E-state index < -0.39 is 11.7 Å². The van der Waals surface area contributed by atoms with Gasteiger partial charge in [-0.15, -0.1) is 0 Å². The first-order chi connectivity index (χ1) is 13.2. The van der Waals surface area contributed by atoms with E-state index in [-0.39, 0.29) is 28.0 Å². The van der Waals surface area contributed by atoms with Crippen LogP contribution < -0.4 is 10.1 Å². The summed E-state index contributed by atoms with van der Waals surface area (Å²) in [4.78, 5) is 15.3. The van der Waals surface area contributed by atoms with Crippen molar-refractivity contribution in [2.45, 2.75) is 6.18 Å². The van der Waals surface area contributed by atoms with Gasteiger partial charge in [-0.2, -0.15) is 30.2 Å². The molecule has 1 heterocycles. The minimum Gasteiger partial charge on any atom is -0.438 e. The Kier molecular flexibility index (Phi) is 7.31. The molecule has 2 aromatic rings. The Hall–Kier alpha value is -2.70. The lowest BCUT2D eigenvalue weighted by Crippen LogP contribution is -2.06. The Labute approximate surface area is 168 Å². The Morgan fingerprint density at radius 3 is 2.61 bits per heavy atom. The van der Waals surface area contributed by atoms with Crippen LogP contribution in [0.25, 0.3) is 0 Å². The Morgan fingerprint density at radius 2 is 2.07 bits per heavy atom. The molecule has 0 bridgehead atoms. The number of nitrogens with one attached hydrogen (secondary N) is 1. The van der Waals surface area contributed by atoms with Crippen LogP contribution in [0.15, 0.2) is 48.3 Å². The quantitative estimate of drug-likeness (QED) is 0.477. The van der Waals surface area contributed by atoms with Crippen LogP contribution in [0.3, 0.4) is 0 Å². The second-order valence-corrected chi connectivity index (χ2v) is 6.58. The summed E-state index contributed by atoms with van der Waals surface area (Å²) in [5, 5.41) is 11.6. The smallest absolute Gasteiger partial charge is 0.417 e. The molecule has 1 N–H and O–H groups in total. The maximum atomic E-state index is 12.6. The van der Waals surface area contributed by atoms with Gasteiger partial charge in [-0.25, -0.2) is 4.98 Å². The predicted octanol–water partition coefficient (Wildman–Crippen LogP) is 5.30. The lowest BCUT2D eigenvalue weighted by atomic mass is 10.2. The molecule has 0 fully saturated rings. The SMILES string of the molecule is CSCC(=O)C(C#N)=CNc1ccc(Oc2ncc(C(F)(F)F)cc2Cl)cc1. The van der Waals surface area contributed by atoms with Crippen molar-refractivity contribution in [3.63, 3.8) is 0 Å². The van der Waals surface area contributed by atoms with Crippen molar-refractivity contribution >= 4 is 34.8 Å². The van der Waals surface area contributed by atoms with Crippen molar-refractivity contribution in [2.24, 2.45) is 0 Å². The lowest BCUT2D eigenvalue weighted by molar-refractivity contribution is -0.137. The number of anilines is 1. The summed E-state index contributed by atoms with van der Waals surface area (Å²) < 4.78 is 43.3. The van der Waals surface area contributed by atoms with Crippen LogP contribution in [0.1, 0.15) is 5.56 Å². The second kappa shape index (κ2) is 9.48. The maximum absolute atomic E-state index is 12.6. The van der Waals surface area contributed by atoms with Crippen molar-refractivity contribution in [3.8, 4) is 17.7 Å². The topological polar surface area (TPSA) is 75.0 Å². The molecule has 0 spiro atoms. The number of carbonyl (C=O) groups is 1. The van der Waals surface area contributed by atoms with Gasteiger partial charge in [0.1, 0.15) is 22.4 Å². The number of ether oxygens (including phenoxy) is 1. The molecule has 0 unspecified atom stereocenters. The van der Waals surface area contributed by atoms with E-state index in [1.165, 1.54) is 30.1 Å². The van der Waals surface area contributed by atoms with Crippen LogP contribution in [-0.2, 0) is 11.0 Å². The van der Waals surface area contributed by atoms with E-state index in [1.54, 1.807) is 18.4 Å². The molecular formula is C18H13ClF3N3O2S. The Morgan fingerprint density at radius 1 is 1.39 bits per heavy atom. The lowest BCUT2D eigenvalue weighted by Gasteiger charge is -2.10. The molecule has 28 heavy (non-hydrogen) atoms. The first kappa shape index (κ1) is 21.6. The molecule has 0 aliphatic heterocycles. The van der Waals surface area contributed by atoms with Crippen molar-refractivity contribution < 1.29 is 22.7 Å². The molecule has 5 nitrogen and oxygen atoms in total. The molecule has 10 heteroatoms. The average molecular weight is 428 g/mol. The number of pyridine rings is 1. The zero-order chi connectivity index (χ0) is 20.7. The van der Waals surface area contributed by atoms with Gasteiger partial charge in [0.2, 0.25) is 5.88 Å². The number of aromatic nitrogens is 1. The number of hydrogen-bond acceptors (Lipinski definition) is 6. The fraction of sp³-hybridized carbons (Fsp3) is 0.167. The van der Waals surface area contributed by atoms with Crippen LogP contribution >= 0.6 is 23.4 Å². The zero-order valence-electron chi connectivity index (χ0n) is 14.4. The highest BCUT2D eigenvalue weighted by molar-refractivity contribution is 7.99. The van der Waals surface area contributed by atoms with Crippen LogP contribution in [0.4, 0.5) is 18.9 Å². The molecule has 0 saturated carbocycles. The molecule has 2 rings (SSSR count). The number of Topliss-reactive ketones (excluding diaryl/α,β-unsaturated/α-hetero) is 1. The second-order valence-electron chi connectivity index (χ2n) is 5.31. The van der Waals surface area contributed by atoms with E-state index in [0.29, 0.717) is 17.6 Å². The largest absolute Gasteiger partial charge is 0.438 e. The third-order valence-electron chi connectivity index (χ3n) is 3.28. The molecule has 0 saturated heterocycles. The minimum absolute atomic E-state index is 0.00425. The number of halogens is 4. The molecule has 0 aliphatic carbocycles. The minimum atomic E-state index is -4.55. The summed E-state index contributed by atoms with van der Waals surface area (Å²) in [6.45, 7) is 0. The standard InChI is InChI=1S/C18H13ClF3N3O2S/c1-28-10-16(26)11(7-23)8-24-13-2-4-14(5-3-13)27-17-15(19)6-12(9-25-17)18(20,21)22/h2-6,8-9,24H,10H2,1H3. The first-order valence-corrected chi connectivity index (χ1v) is 9.41. The number of thioether (sulfide) groups is 1. The van der Waals surface area contributed by atoms with Gasteiger partial charge in [-0.3, -0.25) is 4.79 Å². The number of nitrogens with zero attached hydrogens (tertiary/aromatic N) is 2. The van der Waals surface area contributed by atoms with Gasteiger partial charge in [-0.05, 0) is 36.6 Å². The van der Waals surface area contributed by atoms with E-state index in [4.69, 9.17) is 21.6 Å². The monoisotopic (exact) mass is 427 g/mol. The van der Waals surface area contributed by atoms with E-state index in [1.807, 2.05) is 6.07 Å². The molecule has 1 aromatic heterocycles. The van der Waals surface area contributed by atoms with Gasteiger partial charge < -0.3 is 10.1 Å². The van der Waals surface area contributed by atoms with Crippen molar-refractivity contribution in [3.05, 3.63) is 58.9 Å². The fourth-order valence-corrected chi connectivity index (χ4v) is 2.55. The number of ketones is 1. The highest BCUT2D eigenvalue weighted by Gasteiger charge is 2.31. The number of benzene rings is 1. The number of carbonyl (C=O) groups excluding carboxylic acids is 1. The first-order valence-electron chi connectivity index (χ1n) is 7.64. The van der Waals surface area contributed by atoms with Crippen molar-refractivity contribution in [2.75, 3.05) is 17.3 Å². The van der Waals surface area contributed by atoms with Gasteiger partial charge in [0.15, 0.2) is 5.78 Å². The molecule has 0 amide bonds. The van der Waals surface area contributed by atoms with Gasteiger partial charge in [-0.1, -0.05) is 11.6 Å². The van der Waals surface area contributed by atoms with Crippen LogP contribution in [0.5, 0.6) is 11.6 Å². The zero-order valence-corrected chi connectivity index (χ0v) is 16.0. The van der Waals surface area contributed by atoms with E-state index >= 15 is 0 Å². The summed E-state index contributed by atoms with van der Waals surface area (Å²) in [5.74, 6) is 0.0483. The Balaban J connectivity index is 2.07. The Bertz CT molecular complexity index is 925. The molecule has 0 radical (unpaired) electrons. The average Bonchev–Trinajstić information content (AvgIpc) is 2.64. The summed E-state index contributed by atoms with van der Waals surface area (Å²) in [6.07, 6.45) is -0.841. The normalized spacial score (nSPS) is 11.6. The van der Waals surface area contributed by atoms with Crippen LogP contribution in [0.2, 0.25) is 5.02 Å². The van der Waals surface area contributed by atoms with Crippen molar-refractivity contribution in [1.29, 1.82) is 5.26 Å². The molecular weight excluding hydrogens is 415 g/mol. The van der Waals surface area contributed by atoms with E-state index in [2.05, 4.69) is 10.3 Å². The van der Waals surface area contributed by atoms with Crippen molar-refractivity contribution in [1.82, 2.24) is 4.98 Å². The molecule has 0 aliphatic rings. The number of rotatable bonds is 7. The highest BCUT2D eigenvalue weighted by Crippen LogP contribution is 2.34. The maximum Gasteiger partial charge on any atom is 0.417 e. The number of hydrogen-bond donors (Lipinski definition) is 1. The van der Waals surface area contributed by atoms with E-state index in [9.17, 15) is 18.0 Å². The third-order valence-corrected chi connectivity index (χ3v) is 4.10. The van der Waals surface area contributed by atoms with Gasteiger partial charge >= 0.3 is 6.18 Å². The summed E-state index contributed by atoms with van der Waals surface area (Å²) in [5.41, 5.74) is -0.403. The van der Waals surface area contributed by atoms with Crippen LogP contribution in [-0.4, -0.2) is 22.8 Å². The number of allylic oxidation sites excluding steroid dienone is 1. The molecule has 146 valence electrons. The summed E-state index contributed by atoms with van der Waals surface area (Å²) >= 11 is 7.12. The summed E-state index contributed by atoms with van der Waals surface area (Å²) in [7, 11) is 0. The number of nitriles is 1. The fourth-order valence-electron chi connectivity index (χ4n) is 1.93. The van der Waals surface area contributed by atoms with E-state index in [0.717, 1.165) is 6.07 Å². The van der Waals surface area contributed by atoms with Gasteiger partial charge in [0, 0.05) is 18.1 Å². The predicted molar refractivity (Wildman–Crippen MR) is 101 cm³/mol. The van der Waals surface area contributed by atoms with Gasteiger partial charge in [0.05, 0.1) is 11.3 Å². The molecule has 1 aromatic carbocycles.